The van der Waals surface area contributed by atoms with Crippen LogP contribution in [0, 0.1) is 11.8 Å². The van der Waals surface area contributed by atoms with E-state index in [1.807, 2.05) is 6.08 Å². The minimum Gasteiger partial charge on any atom is -0.393 e. The molecule has 0 unspecified atom stereocenters. The topological polar surface area (TPSA) is 60.7 Å². The zero-order valence-corrected chi connectivity index (χ0v) is 11.9. The van der Waals surface area contributed by atoms with Crippen molar-refractivity contribution < 1.29 is 15.3 Å². The second kappa shape index (κ2) is 8.51. The fourth-order valence-corrected chi connectivity index (χ4v) is 2.86. The Balaban J connectivity index is 2.50. The van der Waals surface area contributed by atoms with Gasteiger partial charge in [0, 0.05) is 12.3 Å². The van der Waals surface area contributed by atoms with Crippen molar-refractivity contribution in [1.29, 1.82) is 0 Å². The maximum absolute atomic E-state index is 9.96. The van der Waals surface area contributed by atoms with Gasteiger partial charge in [-0.1, -0.05) is 44.4 Å². The number of unbranched alkanes of at least 4 members (excludes halogenated alkanes) is 2. The number of aliphatic hydroxyl groups excluding tert-OH is 3. The molecule has 0 radical (unpaired) electrons. The summed E-state index contributed by atoms with van der Waals surface area (Å²) >= 11 is 0. The quantitative estimate of drug-likeness (QED) is 0.468. The lowest BCUT2D eigenvalue weighted by molar-refractivity contribution is 0.120. The maximum Gasteiger partial charge on any atom is 0.0721 e. The van der Waals surface area contributed by atoms with Crippen LogP contribution in [0.3, 0.4) is 0 Å². The number of allylic oxidation sites excluding steroid dienone is 1. The minimum atomic E-state index is -0.515. The van der Waals surface area contributed by atoms with Crippen molar-refractivity contribution in [1.82, 2.24) is 0 Å². The monoisotopic (exact) mass is 268 g/mol. The Bertz CT molecular complexity index is 288. The van der Waals surface area contributed by atoms with Crippen LogP contribution in [0.25, 0.3) is 0 Å². The molecule has 5 atom stereocenters. The van der Waals surface area contributed by atoms with E-state index in [1.165, 1.54) is 0 Å². The second-order valence-corrected chi connectivity index (χ2v) is 5.58. The van der Waals surface area contributed by atoms with Crippen LogP contribution in [0.2, 0.25) is 0 Å². The van der Waals surface area contributed by atoms with Gasteiger partial charge in [-0.3, -0.25) is 0 Å². The molecule has 1 aliphatic carbocycles. The molecule has 0 heterocycles. The average molecular weight is 268 g/mol. The molecule has 19 heavy (non-hydrogen) atoms. The smallest absolute Gasteiger partial charge is 0.0721 e. The van der Waals surface area contributed by atoms with E-state index in [1.54, 1.807) is 12.2 Å². The molecular weight excluding hydrogens is 240 g/mol. The molecule has 1 aliphatic rings. The van der Waals surface area contributed by atoms with Gasteiger partial charge in [0.25, 0.3) is 0 Å². The predicted octanol–water partition coefficient (Wildman–Crippen LogP) is 2.42. The molecule has 1 fully saturated rings. The van der Waals surface area contributed by atoms with Crippen molar-refractivity contribution in [2.24, 2.45) is 11.8 Å². The van der Waals surface area contributed by atoms with E-state index in [9.17, 15) is 15.3 Å². The Morgan fingerprint density at radius 3 is 2.63 bits per heavy atom. The van der Waals surface area contributed by atoms with Gasteiger partial charge in [-0.15, -0.1) is 6.58 Å². The number of rotatable bonds is 8. The molecule has 3 heteroatoms. The molecule has 3 N–H and O–H groups in total. The molecule has 1 saturated carbocycles. The van der Waals surface area contributed by atoms with E-state index in [0.717, 1.165) is 25.7 Å². The fourth-order valence-electron chi connectivity index (χ4n) is 2.86. The highest BCUT2D eigenvalue weighted by Gasteiger charge is 2.39. The van der Waals surface area contributed by atoms with Crippen molar-refractivity contribution in [3.63, 3.8) is 0 Å². The van der Waals surface area contributed by atoms with Crippen LogP contribution in [0.4, 0.5) is 0 Å². The van der Waals surface area contributed by atoms with Crippen molar-refractivity contribution in [2.45, 2.75) is 63.8 Å². The zero-order chi connectivity index (χ0) is 14.3. The predicted molar refractivity (Wildman–Crippen MR) is 77.7 cm³/mol. The summed E-state index contributed by atoms with van der Waals surface area (Å²) in [6.07, 6.45) is 9.18. The van der Waals surface area contributed by atoms with Crippen LogP contribution >= 0.6 is 0 Å². The molecule has 0 amide bonds. The summed E-state index contributed by atoms with van der Waals surface area (Å²) in [7, 11) is 0. The van der Waals surface area contributed by atoms with Gasteiger partial charge >= 0.3 is 0 Å². The van der Waals surface area contributed by atoms with E-state index in [0.29, 0.717) is 12.8 Å². The van der Waals surface area contributed by atoms with Crippen LogP contribution in [-0.2, 0) is 0 Å². The van der Waals surface area contributed by atoms with Crippen molar-refractivity contribution in [3.05, 3.63) is 24.8 Å². The Kier molecular flexibility index (Phi) is 7.36. The minimum absolute atomic E-state index is 0.0200. The largest absolute Gasteiger partial charge is 0.393 e. The van der Waals surface area contributed by atoms with E-state index in [2.05, 4.69) is 13.5 Å². The average Bonchev–Trinajstić information content (AvgIpc) is 2.63. The summed E-state index contributed by atoms with van der Waals surface area (Å²) < 4.78 is 0. The highest BCUT2D eigenvalue weighted by molar-refractivity contribution is 5.05. The summed E-state index contributed by atoms with van der Waals surface area (Å²) in [5.74, 6) is -0.0552. The maximum atomic E-state index is 9.96. The lowest BCUT2D eigenvalue weighted by Gasteiger charge is -2.19. The van der Waals surface area contributed by atoms with Gasteiger partial charge in [0.15, 0.2) is 0 Å². The van der Waals surface area contributed by atoms with Crippen LogP contribution in [0.1, 0.15) is 45.4 Å². The van der Waals surface area contributed by atoms with Gasteiger partial charge in [-0.25, -0.2) is 0 Å². The highest BCUT2D eigenvalue weighted by atomic mass is 16.3. The first kappa shape index (κ1) is 16.4. The first-order valence-corrected chi connectivity index (χ1v) is 7.43. The van der Waals surface area contributed by atoms with Crippen molar-refractivity contribution in [2.75, 3.05) is 0 Å². The molecule has 3 nitrogen and oxygen atoms in total. The number of hydrogen-bond acceptors (Lipinski definition) is 3. The third-order valence-corrected chi connectivity index (χ3v) is 4.01. The number of hydrogen-bond donors (Lipinski definition) is 3. The molecule has 0 bridgehead atoms. The first-order chi connectivity index (χ1) is 9.10. The zero-order valence-electron chi connectivity index (χ0n) is 11.9. The Morgan fingerprint density at radius 1 is 1.26 bits per heavy atom. The molecule has 0 aliphatic heterocycles. The standard InChI is InChI=1S/C16H28O3/c1-3-5-6-8-12(17)9-10-14-13(7-4-2)15(18)11-16(14)19/h4,9-10,12-19H,2-3,5-8,11H2,1H3/b10-9+/t12-,13-,14+,15+,16+/m0/s1. The second-order valence-electron chi connectivity index (χ2n) is 5.58. The lowest BCUT2D eigenvalue weighted by atomic mass is 9.90. The molecule has 0 aromatic heterocycles. The van der Waals surface area contributed by atoms with E-state index in [-0.39, 0.29) is 11.8 Å². The van der Waals surface area contributed by atoms with E-state index in [4.69, 9.17) is 0 Å². The molecule has 0 spiro atoms. The fraction of sp³-hybridized carbons (Fsp3) is 0.750. The summed E-state index contributed by atoms with van der Waals surface area (Å²) in [4.78, 5) is 0. The highest BCUT2D eigenvalue weighted by Crippen LogP contribution is 2.36. The van der Waals surface area contributed by atoms with Gasteiger partial charge in [-0.2, -0.15) is 0 Å². The van der Waals surface area contributed by atoms with Crippen LogP contribution in [-0.4, -0.2) is 33.6 Å². The molecule has 0 aromatic rings. The molecule has 1 rings (SSSR count). The Labute approximate surface area is 116 Å². The molecule has 0 saturated heterocycles. The van der Waals surface area contributed by atoms with Gasteiger partial charge in [-0.05, 0) is 18.8 Å². The third-order valence-electron chi connectivity index (χ3n) is 4.01. The Morgan fingerprint density at radius 2 is 2.00 bits per heavy atom. The van der Waals surface area contributed by atoms with Gasteiger partial charge in [0.05, 0.1) is 18.3 Å². The summed E-state index contributed by atoms with van der Waals surface area (Å²) in [6, 6.07) is 0. The van der Waals surface area contributed by atoms with Gasteiger partial charge in [0.2, 0.25) is 0 Å². The Hall–Kier alpha value is -0.640. The van der Waals surface area contributed by atoms with Gasteiger partial charge < -0.3 is 15.3 Å². The molecule has 110 valence electrons. The SMILES string of the molecule is C=CC[C@H]1[C@@H](/C=C/[C@@H](O)CCCCC)[C@H](O)C[C@H]1O. The first-order valence-electron chi connectivity index (χ1n) is 7.43. The number of aliphatic hydroxyl groups is 3. The normalized spacial score (nSPS) is 32.8. The summed E-state index contributed by atoms with van der Waals surface area (Å²) in [5.41, 5.74) is 0. The van der Waals surface area contributed by atoms with E-state index >= 15 is 0 Å². The van der Waals surface area contributed by atoms with Crippen molar-refractivity contribution in [3.8, 4) is 0 Å². The summed E-state index contributed by atoms with van der Waals surface area (Å²) in [6.45, 7) is 5.83. The third kappa shape index (κ3) is 5.09. The molecular formula is C16H28O3. The lowest BCUT2D eigenvalue weighted by Crippen LogP contribution is -2.20. The van der Waals surface area contributed by atoms with Crippen LogP contribution < -0.4 is 0 Å². The van der Waals surface area contributed by atoms with Crippen molar-refractivity contribution >= 4 is 0 Å². The van der Waals surface area contributed by atoms with Crippen LogP contribution in [0.15, 0.2) is 24.8 Å². The summed E-state index contributed by atoms with van der Waals surface area (Å²) in [5, 5.41) is 29.7. The van der Waals surface area contributed by atoms with Crippen LogP contribution in [0.5, 0.6) is 0 Å². The van der Waals surface area contributed by atoms with Gasteiger partial charge in [0.1, 0.15) is 0 Å². The van der Waals surface area contributed by atoms with E-state index < -0.39 is 18.3 Å². The molecule has 0 aromatic carbocycles.